The summed E-state index contributed by atoms with van der Waals surface area (Å²) < 4.78 is 0. The van der Waals surface area contributed by atoms with E-state index in [0.717, 1.165) is 5.70 Å². The van der Waals surface area contributed by atoms with E-state index in [1.165, 1.54) is 13.1 Å². The van der Waals surface area contributed by atoms with Crippen LogP contribution in [0, 0.1) is 0 Å². The SMILES string of the molecule is C/C=C(\C=C/N)NC.CC(N)=O. The standard InChI is InChI=1S/C6H12N2.C2H5NO/c1-3-6(8-2)4-5-7;1-2(3)4/h3-5,8H,7H2,1-2H3;1H3,(H2,3,4)/b5-4-,6-3+;. The van der Waals surface area contributed by atoms with Gasteiger partial charge in [-0.25, -0.2) is 0 Å². The fourth-order valence-electron chi connectivity index (χ4n) is 0.428. The van der Waals surface area contributed by atoms with Gasteiger partial charge in [0.2, 0.25) is 5.91 Å². The van der Waals surface area contributed by atoms with Crippen LogP contribution in [0.15, 0.2) is 24.0 Å². The number of likely N-dealkylation sites (N-methyl/N-ethyl adjacent to an activating group) is 1. The Morgan fingerprint density at radius 2 is 1.92 bits per heavy atom. The second-order valence-corrected chi connectivity index (χ2v) is 1.96. The summed E-state index contributed by atoms with van der Waals surface area (Å²) in [5.41, 5.74) is 10.6. The van der Waals surface area contributed by atoms with E-state index in [-0.39, 0.29) is 5.91 Å². The molecule has 0 atom stereocenters. The third-order valence-electron chi connectivity index (χ3n) is 0.875. The van der Waals surface area contributed by atoms with Gasteiger partial charge in [0.05, 0.1) is 0 Å². The number of nitrogens with one attached hydrogen (secondary N) is 1. The van der Waals surface area contributed by atoms with Crippen molar-refractivity contribution >= 4 is 5.91 Å². The van der Waals surface area contributed by atoms with E-state index in [1.807, 2.05) is 20.0 Å². The minimum absolute atomic E-state index is 0.333. The Labute approximate surface area is 73.3 Å². The number of amides is 1. The van der Waals surface area contributed by atoms with Gasteiger partial charge >= 0.3 is 0 Å². The van der Waals surface area contributed by atoms with Crippen LogP contribution in [0.3, 0.4) is 0 Å². The van der Waals surface area contributed by atoms with Crippen LogP contribution in [-0.2, 0) is 4.79 Å². The molecule has 0 aliphatic carbocycles. The van der Waals surface area contributed by atoms with Crippen molar-refractivity contribution in [1.29, 1.82) is 0 Å². The second kappa shape index (κ2) is 9.55. The van der Waals surface area contributed by atoms with Crippen LogP contribution in [0.5, 0.6) is 0 Å². The molecule has 4 heteroatoms. The first kappa shape index (κ1) is 13.2. The molecule has 0 spiro atoms. The summed E-state index contributed by atoms with van der Waals surface area (Å²) in [5.74, 6) is -0.333. The average Bonchev–Trinajstić information content (AvgIpc) is 1.99. The number of hydrogen-bond acceptors (Lipinski definition) is 3. The first-order valence-corrected chi connectivity index (χ1v) is 3.56. The van der Waals surface area contributed by atoms with Gasteiger partial charge in [-0.05, 0) is 19.2 Å². The van der Waals surface area contributed by atoms with Gasteiger partial charge in [0.25, 0.3) is 0 Å². The van der Waals surface area contributed by atoms with Gasteiger partial charge in [-0.2, -0.15) is 0 Å². The smallest absolute Gasteiger partial charge is 0.214 e. The number of carbonyl (C=O) groups is 1. The summed E-state index contributed by atoms with van der Waals surface area (Å²) in [5, 5.41) is 2.95. The van der Waals surface area contributed by atoms with Gasteiger partial charge in [0.1, 0.15) is 0 Å². The molecule has 70 valence electrons. The predicted octanol–water partition coefficient (Wildman–Crippen LogP) is 0.0736. The highest BCUT2D eigenvalue weighted by Crippen LogP contribution is 1.85. The van der Waals surface area contributed by atoms with Crippen LogP contribution in [0.1, 0.15) is 13.8 Å². The lowest BCUT2D eigenvalue weighted by Crippen LogP contribution is -2.02. The molecule has 0 saturated heterocycles. The minimum atomic E-state index is -0.333. The molecule has 0 heterocycles. The lowest BCUT2D eigenvalue weighted by Gasteiger charge is -1.95. The molecule has 0 unspecified atom stereocenters. The molecular formula is C8H17N3O. The van der Waals surface area contributed by atoms with Crippen molar-refractivity contribution in [3.8, 4) is 0 Å². The highest BCUT2D eigenvalue weighted by atomic mass is 16.1. The van der Waals surface area contributed by atoms with Crippen LogP contribution >= 0.6 is 0 Å². The van der Waals surface area contributed by atoms with Gasteiger partial charge in [-0.3, -0.25) is 4.79 Å². The Bertz CT molecular complexity index is 166. The number of primary amides is 1. The number of hydrogen-bond donors (Lipinski definition) is 3. The molecule has 0 aliphatic heterocycles. The summed E-state index contributed by atoms with van der Waals surface area (Å²) in [6.07, 6.45) is 5.26. The molecule has 0 aliphatic rings. The number of rotatable bonds is 2. The third-order valence-corrected chi connectivity index (χ3v) is 0.875. The Hall–Kier alpha value is -1.45. The maximum atomic E-state index is 9.22. The van der Waals surface area contributed by atoms with E-state index in [2.05, 4.69) is 11.1 Å². The van der Waals surface area contributed by atoms with E-state index in [4.69, 9.17) is 5.73 Å². The maximum Gasteiger partial charge on any atom is 0.214 e. The molecule has 0 aromatic rings. The van der Waals surface area contributed by atoms with Gasteiger partial charge in [0.15, 0.2) is 0 Å². The highest BCUT2D eigenvalue weighted by Gasteiger charge is 1.77. The van der Waals surface area contributed by atoms with Crippen LogP contribution in [0.4, 0.5) is 0 Å². The van der Waals surface area contributed by atoms with Gasteiger partial charge in [-0.15, -0.1) is 0 Å². The lowest BCUT2D eigenvalue weighted by atomic mass is 10.4. The summed E-state index contributed by atoms with van der Waals surface area (Å²) in [6, 6.07) is 0. The number of carbonyl (C=O) groups excluding carboxylic acids is 1. The largest absolute Gasteiger partial charge is 0.405 e. The zero-order chi connectivity index (χ0) is 9.98. The molecule has 0 radical (unpaired) electrons. The molecule has 0 rings (SSSR count). The van der Waals surface area contributed by atoms with Crippen LogP contribution in [0.25, 0.3) is 0 Å². The Kier molecular flexibility index (Phi) is 10.5. The number of allylic oxidation sites excluding steroid dienone is 2. The summed E-state index contributed by atoms with van der Waals surface area (Å²) in [4.78, 5) is 9.22. The van der Waals surface area contributed by atoms with Gasteiger partial charge in [-0.1, -0.05) is 6.08 Å². The fourth-order valence-corrected chi connectivity index (χ4v) is 0.428. The third kappa shape index (κ3) is 15.8. The molecule has 12 heavy (non-hydrogen) atoms. The molecule has 5 N–H and O–H groups in total. The Morgan fingerprint density at radius 1 is 1.50 bits per heavy atom. The molecule has 0 aromatic heterocycles. The first-order valence-electron chi connectivity index (χ1n) is 3.56. The van der Waals surface area contributed by atoms with Gasteiger partial charge in [0, 0.05) is 19.7 Å². The van der Waals surface area contributed by atoms with Crippen molar-refractivity contribution in [2.45, 2.75) is 13.8 Å². The topological polar surface area (TPSA) is 81.1 Å². The van der Waals surface area contributed by atoms with E-state index in [0.29, 0.717) is 0 Å². The summed E-state index contributed by atoms with van der Waals surface area (Å²) >= 11 is 0. The van der Waals surface area contributed by atoms with Crippen molar-refractivity contribution < 1.29 is 4.79 Å². The zero-order valence-corrected chi connectivity index (χ0v) is 7.79. The van der Waals surface area contributed by atoms with Crippen LogP contribution in [-0.4, -0.2) is 13.0 Å². The number of nitrogens with two attached hydrogens (primary N) is 2. The first-order chi connectivity index (χ1) is 5.58. The van der Waals surface area contributed by atoms with Crippen LogP contribution in [0.2, 0.25) is 0 Å². The lowest BCUT2D eigenvalue weighted by molar-refractivity contribution is -0.115. The van der Waals surface area contributed by atoms with Crippen LogP contribution < -0.4 is 16.8 Å². The normalized spacial score (nSPS) is 10.4. The summed E-state index contributed by atoms with van der Waals surface area (Å²) in [6.45, 7) is 3.26. The predicted molar refractivity (Wildman–Crippen MR) is 51.0 cm³/mol. The van der Waals surface area contributed by atoms with Crippen molar-refractivity contribution in [2.24, 2.45) is 11.5 Å². The fraction of sp³-hybridized carbons (Fsp3) is 0.375. The zero-order valence-electron chi connectivity index (χ0n) is 7.79. The van der Waals surface area contributed by atoms with Crippen molar-refractivity contribution in [3.05, 3.63) is 24.0 Å². The maximum absolute atomic E-state index is 9.22. The molecule has 0 saturated carbocycles. The van der Waals surface area contributed by atoms with E-state index >= 15 is 0 Å². The highest BCUT2D eigenvalue weighted by molar-refractivity contribution is 5.70. The molecule has 0 aromatic carbocycles. The molecule has 4 nitrogen and oxygen atoms in total. The van der Waals surface area contributed by atoms with Crippen molar-refractivity contribution in [3.63, 3.8) is 0 Å². The quantitative estimate of drug-likeness (QED) is 0.514. The van der Waals surface area contributed by atoms with Gasteiger partial charge < -0.3 is 16.8 Å². The van der Waals surface area contributed by atoms with Crippen molar-refractivity contribution in [1.82, 2.24) is 5.32 Å². The molecule has 0 fully saturated rings. The van der Waals surface area contributed by atoms with E-state index < -0.39 is 0 Å². The molecule has 1 amide bonds. The monoisotopic (exact) mass is 171 g/mol. The second-order valence-electron chi connectivity index (χ2n) is 1.96. The Morgan fingerprint density at radius 3 is 2.00 bits per heavy atom. The average molecular weight is 171 g/mol. The Balaban J connectivity index is 0. The summed E-state index contributed by atoms with van der Waals surface area (Å²) in [7, 11) is 1.86. The molecular weight excluding hydrogens is 154 g/mol. The molecule has 0 bridgehead atoms. The minimum Gasteiger partial charge on any atom is -0.405 e. The van der Waals surface area contributed by atoms with E-state index in [1.54, 1.807) is 6.08 Å². The van der Waals surface area contributed by atoms with E-state index in [9.17, 15) is 4.79 Å². The van der Waals surface area contributed by atoms with Crippen molar-refractivity contribution in [2.75, 3.05) is 7.05 Å².